The fraction of sp³-hybridized carbons (Fsp3) is 0.130. The Kier molecular flexibility index (Phi) is 6.22. The predicted molar refractivity (Wildman–Crippen MR) is 112 cm³/mol. The van der Waals surface area contributed by atoms with Gasteiger partial charge in [0.05, 0.1) is 24.5 Å². The number of carbonyl (C=O) groups is 1. The average molecular weight is 399 g/mol. The quantitative estimate of drug-likeness (QED) is 0.492. The van der Waals surface area contributed by atoms with Crippen LogP contribution >= 0.6 is 0 Å². The summed E-state index contributed by atoms with van der Waals surface area (Å²) >= 11 is 0. The zero-order valence-corrected chi connectivity index (χ0v) is 16.3. The first-order valence-electron chi connectivity index (χ1n) is 9.60. The van der Waals surface area contributed by atoms with Crippen molar-refractivity contribution >= 4 is 5.91 Å². The highest BCUT2D eigenvalue weighted by atomic mass is 16.5. The van der Waals surface area contributed by atoms with E-state index in [1.165, 1.54) is 11.0 Å². The summed E-state index contributed by atoms with van der Waals surface area (Å²) < 4.78 is 7.28. The molecule has 1 amide bonds. The largest absolute Gasteiger partial charge is 0.372 e. The van der Waals surface area contributed by atoms with Gasteiger partial charge in [-0.05, 0) is 39.2 Å². The summed E-state index contributed by atoms with van der Waals surface area (Å²) in [4.78, 5) is 12.7. The number of ether oxygens (including phenoxy) is 1. The molecule has 0 saturated carbocycles. The molecule has 0 spiro atoms. The normalized spacial score (nSPS) is 10.7. The summed E-state index contributed by atoms with van der Waals surface area (Å²) in [6.07, 6.45) is 1.46. The van der Waals surface area contributed by atoms with E-state index in [0.717, 1.165) is 16.7 Å². The van der Waals surface area contributed by atoms with Crippen molar-refractivity contribution < 1.29 is 9.53 Å². The van der Waals surface area contributed by atoms with E-state index in [1.807, 2.05) is 66.7 Å². The lowest BCUT2D eigenvalue weighted by molar-refractivity contribution is 0.0950. The number of benzene rings is 3. The Morgan fingerprint density at radius 1 is 0.867 bits per heavy atom. The summed E-state index contributed by atoms with van der Waals surface area (Å²) in [6, 6.07) is 25.3. The fourth-order valence-electron chi connectivity index (χ4n) is 3.11. The highest BCUT2D eigenvalue weighted by Gasteiger charge is 2.13. The van der Waals surface area contributed by atoms with Crippen LogP contribution in [0.15, 0.2) is 85.2 Å². The van der Waals surface area contributed by atoms with E-state index in [4.69, 9.17) is 4.74 Å². The van der Waals surface area contributed by atoms with Crippen molar-refractivity contribution in [3.05, 3.63) is 107 Å². The Morgan fingerprint density at radius 2 is 1.60 bits per heavy atom. The highest BCUT2D eigenvalue weighted by molar-refractivity contribution is 5.97. The number of para-hydroxylation sites is 1. The minimum absolute atomic E-state index is 0.188. The molecule has 150 valence electrons. The second-order valence-electron chi connectivity index (χ2n) is 6.75. The lowest BCUT2D eigenvalue weighted by Crippen LogP contribution is -2.24. The van der Waals surface area contributed by atoms with Crippen LogP contribution in [0.2, 0.25) is 0 Å². The van der Waals surface area contributed by atoms with Crippen molar-refractivity contribution in [2.75, 3.05) is 0 Å². The summed E-state index contributed by atoms with van der Waals surface area (Å²) in [7, 11) is 0. The first-order valence-corrected chi connectivity index (χ1v) is 9.60. The van der Waals surface area contributed by atoms with E-state index in [2.05, 4.69) is 20.8 Å². The molecule has 7 heteroatoms. The molecule has 7 nitrogen and oxygen atoms in total. The molecule has 0 atom stereocenters. The molecule has 0 aliphatic rings. The van der Waals surface area contributed by atoms with Crippen LogP contribution in [-0.2, 0) is 24.5 Å². The number of nitrogens with zero attached hydrogens (tertiary/aromatic N) is 4. The second kappa shape index (κ2) is 9.58. The van der Waals surface area contributed by atoms with Crippen LogP contribution < -0.4 is 5.32 Å². The molecule has 0 saturated heterocycles. The van der Waals surface area contributed by atoms with Gasteiger partial charge in [0.15, 0.2) is 0 Å². The Morgan fingerprint density at radius 3 is 2.43 bits per heavy atom. The van der Waals surface area contributed by atoms with Gasteiger partial charge in [-0.25, -0.2) is 0 Å². The molecule has 0 unspecified atom stereocenters. The molecular formula is C23H21N5O2. The molecule has 1 N–H and O–H groups in total. The number of hydrogen-bond donors (Lipinski definition) is 1. The zero-order chi connectivity index (χ0) is 20.6. The molecule has 1 aromatic heterocycles. The number of aromatic nitrogens is 4. The summed E-state index contributed by atoms with van der Waals surface area (Å²) in [5.41, 5.74) is 4.34. The summed E-state index contributed by atoms with van der Waals surface area (Å²) in [5, 5.41) is 14.1. The number of nitrogens with one attached hydrogen (secondary N) is 1. The van der Waals surface area contributed by atoms with E-state index in [1.54, 1.807) is 12.1 Å². The lowest BCUT2D eigenvalue weighted by Gasteiger charge is -2.10. The molecule has 0 aliphatic carbocycles. The zero-order valence-electron chi connectivity index (χ0n) is 16.3. The van der Waals surface area contributed by atoms with Gasteiger partial charge in [-0.15, -0.1) is 5.10 Å². The Bertz CT molecular complexity index is 1100. The third kappa shape index (κ3) is 4.95. The smallest absolute Gasteiger partial charge is 0.253 e. The van der Waals surface area contributed by atoms with Crippen LogP contribution in [0.3, 0.4) is 0 Å². The monoisotopic (exact) mass is 399 g/mol. The van der Waals surface area contributed by atoms with Gasteiger partial charge in [0.25, 0.3) is 5.91 Å². The molecule has 1 heterocycles. The van der Waals surface area contributed by atoms with Crippen molar-refractivity contribution in [1.29, 1.82) is 0 Å². The van der Waals surface area contributed by atoms with Crippen LogP contribution in [0.5, 0.6) is 0 Å². The highest BCUT2D eigenvalue weighted by Crippen LogP contribution is 2.13. The van der Waals surface area contributed by atoms with Crippen molar-refractivity contribution in [3.8, 4) is 5.69 Å². The number of tetrazole rings is 1. The molecule has 3 aromatic carbocycles. The maximum atomic E-state index is 12.7. The van der Waals surface area contributed by atoms with Gasteiger partial charge in [0, 0.05) is 6.54 Å². The third-order valence-corrected chi connectivity index (χ3v) is 4.57. The number of amides is 1. The van der Waals surface area contributed by atoms with Crippen LogP contribution in [0.4, 0.5) is 0 Å². The van der Waals surface area contributed by atoms with Crippen molar-refractivity contribution in [3.63, 3.8) is 0 Å². The number of rotatable bonds is 8. The molecule has 30 heavy (non-hydrogen) atoms. The van der Waals surface area contributed by atoms with Gasteiger partial charge in [0.2, 0.25) is 0 Å². The minimum atomic E-state index is -0.188. The molecule has 0 aliphatic heterocycles. The first-order chi connectivity index (χ1) is 14.8. The molecular weight excluding hydrogens is 378 g/mol. The Labute approximate surface area is 174 Å². The van der Waals surface area contributed by atoms with Crippen LogP contribution in [0, 0.1) is 0 Å². The molecule has 4 aromatic rings. The first kappa shape index (κ1) is 19.5. The van der Waals surface area contributed by atoms with E-state index >= 15 is 0 Å². The molecule has 0 bridgehead atoms. The van der Waals surface area contributed by atoms with Crippen LogP contribution in [0.25, 0.3) is 5.69 Å². The van der Waals surface area contributed by atoms with Crippen molar-refractivity contribution in [1.82, 2.24) is 25.5 Å². The average Bonchev–Trinajstić information content (AvgIpc) is 3.33. The van der Waals surface area contributed by atoms with E-state index in [0.29, 0.717) is 31.0 Å². The van der Waals surface area contributed by atoms with Crippen LogP contribution in [-0.4, -0.2) is 26.1 Å². The SMILES string of the molecule is O=C(NCc1cccc(COCc2ccccc2)c1)c1ccccc1-n1cnnn1. The van der Waals surface area contributed by atoms with Gasteiger partial charge < -0.3 is 10.1 Å². The molecule has 0 radical (unpaired) electrons. The maximum Gasteiger partial charge on any atom is 0.253 e. The summed E-state index contributed by atoms with van der Waals surface area (Å²) in [5.74, 6) is -0.188. The fourth-order valence-corrected chi connectivity index (χ4v) is 3.11. The van der Waals surface area contributed by atoms with Gasteiger partial charge >= 0.3 is 0 Å². The lowest BCUT2D eigenvalue weighted by atomic mass is 10.1. The minimum Gasteiger partial charge on any atom is -0.372 e. The van der Waals surface area contributed by atoms with Crippen molar-refractivity contribution in [2.24, 2.45) is 0 Å². The standard InChI is InChI=1S/C23H21N5O2/c29-23(21-11-4-5-12-22(21)28-17-25-26-27-28)24-14-19-9-6-10-20(13-19)16-30-15-18-7-2-1-3-8-18/h1-13,17H,14-16H2,(H,24,29). The van der Waals surface area contributed by atoms with Gasteiger partial charge in [-0.1, -0.05) is 66.7 Å². The number of hydrogen-bond acceptors (Lipinski definition) is 5. The van der Waals surface area contributed by atoms with Crippen molar-refractivity contribution in [2.45, 2.75) is 19.8 Å². The predicted octanol–water partition coefficient (Wildman–Crippen LogP) is 3.31. The second-order valence-corrected chi connectivity index (χ2v) is 6.75. The van der Waals surface area contributed by atoms with Gasteiger partial charge in [-0.2, -0.15) is 4.68 Å². The maximum absolute atomic E-state index is 12.7. The Balaban J connectivity index is 1.35. The van der Waals surface area contributed by atoms with E-state index < -0.39 is 0 Å². The van der Waals surface area contributed by atoms with E-state index in [9.17, 15) is 4.79 Å². The van der Waals surface area contributed by atoms with Gasteiger partial charge in [0.1, 0.15) is 6.33 Å². The summed E-state index contributed by atoms with van der Waals surface area (Å²) in [6.45, 7) is 1.49. The third-order valence-electron chi connectivity index (χ3n) is 4.57. The molecule has 4 rings (SSSR count). The number of carbonyl (C=O) groups excluding carboxylic acids is 1. The topological polar surface area (TPSA) is 81.9 Å². The Hall–Kier alpha value is -3.84. The molecule has 0 fully saturated rings. The van der Waals surface area contributed by atoms with Gasteiger partial charge in [-0.3, -0.25) is 4.79 Å². The van der Waals surface area contributed by atoms with Crippen LogP contribution in [0.1, 0.15) is 27.0 Å². The van der Waals surface area contributed by atoms with E-state index in [-0.39, 0.29) is 5.91 Å².